The first-order chi connectivity index (χ1) is 12.1. The molecule has 1 aliphatic rings. The molecule has 1 unspecified atom stereocenters. The molecule has 0 spiro atoms. The number of nitrogens with one attached hydrogen (secondary N) is 2. The standard InChI is InChI=1S/C18H30N4O3/c1-14(2)10-16(22-6-8-25-9-7-22)13-21-18(23)20-12-15-4-5-17(24-3)19-11-15/h4-5,11,14,16H,6-10,12-13H2,1-3H3,(H2,20,21,23). The molecule has 140 valence electrons. The Balaban J connectivity index is 1.76. The summed E-state index contributed by atoms with van der Waals surface area (Å²) in [5, 5.41) is 5.87. The predicted octanol–water partition coefficient (Wildman–Crippen LogP) is 1.64. The topological polar surface area (TPSA) is 75.7 Å². The maximum absolute atomic E-state index is 12.1. The minimum Gasteiger partial charge on any atom is -0.481 e. The third-order valence-electron chi connectivity index (χ3n) is 4.26. The lowest BCUT2D eigenvalue weighted by molar-refractivity contribution is 0.0129. The molecule has 2 N–H and O–H groups in total. The van der Waals surface area contributed by atoms with E-state index in [1.165, 1.54) is 0 Å². The van der Waals surface area contributed by atoms with E-state index in [1.807, 2.05) is 6.07 Å². The Morgan fingerprint density at radius 2 is 2.08 bits per heavy atom. The number of morpholine rings is 1. The molecule has 7 heteroatoms. The van der Waals surface area contributed by atoms with Crippen molar-refractivity contribution in [3.8, 4) is 5.88 Å². The highest BCUT2D eigenvalue weighted by atomic mass is 16.5. The Labute approximate surface area is 150 Å². The van der Waals surface area contributed by atoms with Crippen molar-refractivity contribution < 1.29 is 14.3 Å². The summed E-state index contributed by atoms with van der Waals surface area (Å²) >= 11 is 0. The van der Waals surface area contributed by atoms with Crippen molar-refractivity contribution in [3.63, 3.8) is 0 Å². The van der Waals surface area contributed by atoms with Gasteiger partial charge in [0.15, 0.2) is 0 Å². The van der Waals surface area contributed by atoms with Gasteiger partial charge in [-0.15, -0.1) is 0 Å². The molecule has 2 rings (SSSR count). The van der Waals surface area contributed by atoms with Crippen molar-refractivity contribution in [2.45, 2.75) is 32.9 Å². The third kappa shape index (κ3) is 6.88. The first kappa shape index (κ1) is 19.5. The molecule has 0 aromatic carbocycles. The summed E-state index contributed by atoms with van der Waals surface area (Å²) in [6, 6.07) is 3.86. The number of nitrogens with zero attached hydrogens (tertiary/aromatic N) is 2. The minimum atomic E-state index is -0.155. The first-order valence-corrected chi connectivity index (χ1v) is 8.91. The molecule has 0 aliphatic carbocycles. The average molecular weight is 350 g/mol. The van der Waals surface area contributed by atoms with Gasteiger partial charge in [0.1, 0.15) is 0 Å². The summed E-state index contributed by atoms with van der Waals surface area (Å²) in [4.78, 5) is 18.6. The van der Waals surface area contributed by atoms with Gasteiger partial charge in [-0.25, -0.2) is 9.78 Å². The SMILES string of the molecule is COc1ccc(CNC(=O)NCC(CC(C)C)N2CCOCC2)cn1. The van der Waals surface area contributed by atoms with Gasteiger partial charge in [0.2, 0.25) is 5.88 Å². The van der Waals surface area contributed by atoms with Gasteiger partial charge in [-0.1, -0.05) is 19.9 Å². The zero-order chi connectivity index (χ0) is 18.1. The van der Waals surface area contributed by atoms with Crippen molar-refractivity contribution >= 4 is 6.03 Å². The zero-order valence-corrected chi connectivity index (χ0v) is 15.5. The number of carbonyl (C=O) groups is 1. The Morgan fingerprint density at radius 1 is 1.32 bits per heavy atom. The Hall–Kier alpha value is -1.86. The fourth-order valence-corrected chi connectivity index (χ4v) is 2.94. The molecule has 1 aliphatic heterocycles. The second kappa shape index (κ2) is 10.2. The quantitative estimate of drug-likeness (QED) is 0.745. The van der Waals surface area contributed by atoms with Crippen LogP contribution in [0.2, 0.25) is 0 Å². The molecule has 0 radical (unpaired) electrons. The van der Waals surface area contributed by atoms with Crippen LogP contribution in [0.4, 0.5) is 4.79 Å². The highest BCUT2D eigenvalue weighted by molar-refractivity contribution is 5.73. The van der Waals surface area contributed by atoms with E-state index in [0.29, 0.717) is 30.9 Å². The largest absolute Gasteiger partial charge is 0.481 e. The molecule has 1 fully saturated rings. The lowest BCUT2D eigenvalue weighted by atomic mass is 10.0. The van der Waals surface area contributed by atoms with Crippen molar-refractivity contribution in [3.05, 3.63) is 23.9 Å². The molecule has 7 nitrogen and oxygen atoms in total. The molecule has 0 bridgehead atoms. The molecule has 25 heavy (non-hydrogen) atoms. The van der Waals surface area contributed by atoms with Crippen LogP contribution in [0.15, 0.2) is 18.3 Å². The molecule has 1 atom stereocenters. The van der Waals surface area contributed by atoms with Crippen molar-refractivity contribution in [1.82, 2.24) is 20.5 Å². The van der Waals surface area contributed by atoms with Crippen molar-refractivity contribution in [1.29, 1.82) is 0 Å². The number of urea groups is 1. The average Bonchev–Trinajstić information content (AvgIpc) is 2.64. The normalized spacial score (nSPS) is 16.5. The number of methoxy groups -OCH3 is 1. The maximum atomic E-state index is 12.1. The molecule has 1 aromatic heterocycles. The van der Waals surface area contributed by atoms with E-state index in [2.05, 4.69) is 34.4 Å². The smallest absolute Gasteiger partial charge is 0.315 e. The summed E-state index contributed by atoms with van der Waals surface area (Å²) in [6.45, 7) is 8.90. The highest BCUT2D eigenvalue weighted by Gasteiger charge is 2.22. The van der Waals surface area contributed by atoms with Crippen LogP contribution in [0.1, 0.15) is 25.8 Å². The molecule has 1 aromatic rings. The van der Waals surface area contributed by atoms with Crippen LogP contribution in [0.25, 0.3) is 0 Å². The van der Waals surface area contributed by atoms with E-state index in [-0.39, 0.29) is 6.03 Å². The van der Waals surface area contributed by atoms with Gasteiger partial charge in [0.05, 0.1) is 20.3 Å². The zero-order valence-electron chi connectivity index (χ0n) is 15.5. The Bertz CT molecular complexity index is 516. The monoisotopic (exact) mass is 350 g/mol. The van der Waals surface area contributed by atoms with Crippen LogP contribution in [0.5, 0.6) is 5.88 Å². The molecular formula is C18H30N4O3. The van der Waals surface area contributed by atoms with E-state index in [1.54, 1.807) is 19.4 Å². The van der Waals surface area contributed by atoms with Gasteiger partial charge in [-0.3, -0.25) is 4.90 Å². The van der Waals surface area contributed by atoms with Crippen LogP contribution in [-0.2, 0) is 11.3 Å². The van der Waals surface area contributed by atoms with Crippen molar-refractivity contribution in [2.24, 2.45) is 5.92 Å². The first-order valence-electron chi connectivity index (χ1n) is 8.91. The van der Waals surface area contributed by atoms with E-state index < -0.39 is 0 Å². The van der Waals surface area contributed by atoms with E-state index in [9.17, 15) is 4.79 Å². The number of carbonyl (C=O) groups excluding carboxylic acids is 1. The van der Waals surface area contributed by atoms with Gasteiger partial charge in [0.25, 0.3) is 0 Å². The number of ether oxygens (including phenoxy) is 2. The van der Waals surface area contributed by atoms with Gasteiger partial charge in [-0.05, 0) is 17.9 Å². The van der Waals surface area contributed by atoms with Crippen molar-refractivity contribution in [2.75, 3.05) is 40.0 Å². The third-order valence-corrected chi connectivity index (χ3v) is 4.26. The second-order valence-electron chi connectivity index (χ2n) is 6.70. The summed E-state index contributed by atoms with van der Waals surface area (Å²) in [7, 11) is 1.58. The highest BCUT2D eigenvalue weighted by Crippen LogP contribution is 2.13. The van der Waals surface area contributed by atoms with E-state index in [4.69, 9.17) is 9.47 Å². The van der Waals surface area contributed by atoms with Crippen LogP contribution < -0.4 is 15.4 Å². The fourth-order valence-electron chi connectivity index (χ4n) is 2.94. The lowest BCUT2D eigenvalue weighted by Crippen LogP contribution is -2.50. The van der Waals surface area contributed by atoms with E-state index >= 15 is 0 Å². The number of pyridine rings is 1. The molecule has 1 saturated heterocycles. The Kier molecular flexibility index (Phi) is 7.94. The van der Waals surface area contributed by atoms with Crippen LogP contribution in [-0.4, -0.2) is 61.9 Å². The molecule has 0 saturated carbocycles. The predicted molar refractivity (Wildman–Crippen MR) is 96.7 cm³/mol. The molecule has 2 amide bonds. The number of hydrogen-bond donors (Lipinski definition) is 2. The summed E-state index contributed by atoms with van der Waals surface area (Å²) in [6.07, 6.45) is 2.76. The maximum Gasteiger partial charge on any atom is 0.315 e. The minimum absolute atomic E-state index is 0.155. The summed E-state index contributed by atoms with van der Waals surface area (Å²) in [5.41, 5.74) is 0.933. The molecule has 2 heterocycles. The summed E-state index contributed by atoms with van der Waals surface area (Å²) in [5.74, 6) is 1.15. The van der Waals surface area contributed by atoms with Gasteiger partial charge >= 0.3 is 6.03 Å². The van der Waals surface area contributed by atoms with Crippen LogP contribution >= 0.6 is 0 Å². The van der Waals surface area contributed by atoms with Crippen LogP contribution in [0, 0.1) is 5.92 Å². The number of amides is 2. The van der Waals surface area contributed by atoms with Gasteiger partial charge < -0.3 is 20.1 Å². The summed E-state index contributed by atoms with van der Waals surface area (Å²) < 4.78 is 10.5. The van der Waals surface area contributed by atoms with E-state index in [0.717, 1.165) is 38.3 Å². The number of rotatable bonds is 8. The Morgan fingerprint density at radius 3 is 2.68 bits per heavy atom. The van der Waals surface area contributed by atoms with Gasteiger partial charge in [0, 0.05) is 44.5 Å². The second-order valence-corrected chi connectivity index (χ2v) is 6.70. The number of aromatic nitrogens is 1. The lowest BCUT2D eigenvalue weighted by Gasteiger charge is -2.35. The van der Waals surface area contributed by atoms with Gasteiger partial charge in [-0.2, -0.15) is 0 Å². The molecular weight excluding hydrogens is 320 g/mol. The van der Waals surface area contributed by atoms with Crippen LogP contribution in [0.3, 0.4) is 0 Å². The number of hydrogen-bond acceptors (Lipinski definition) is 5. The fraction of sp³-hybridized carbons (Fsp3) is 0.667.